The topological polar surface area (TPSA) is 114 Å². The fourth-order valence-corrected chi connectivity index (χ4v) is 0. The Labute approximate surface area is 99.3 Å². The molecular formula is HAgCuLiO4V-5. The average Bonchev–Trinajstić information content (AvgIpc) is 0. The molecule has 0 spiro atoms. The van der Waals surface area contributed by atoms with Crippen molar-refractivity contribution in [1.29, 1.82) is 0 Å². The standard InChI is InChI=1S/Ag.Cu.Li.4O.V.H/q+1;+2;+1;4*-2;;-1. The third-order valence-corrected chi connectivity index (χ3v) is 0. The summed E-state index contributed by atoms with van der Waals surface area (Å²) in [6.07, 6.45) is 0. The molecule has 2 radical (unpaired) electrons. The van der Waals surface area contributed by atoms with E-state index in [1.165, 1.54) is 0 Å². The van der Waals surface area contributed by atoms with Gasteiger partial charge >= 0.3 is 58.3 Å². The molecule has 0 aromatic carbocycles. The summed E-state index contributed by atoms with van der Waals surface area (Å²) < 4.78 is 0. The Balaban J connectivity index is 0. The summed E-state index contributed by atoms with van der Waals surface area (Å²) in [5, 5.41) is 0. The van der Waals surface area contributed by atoms with Gasteiger partial charge in [-0.1, -0.05) is 0 Å². The number of hydrogen-bond donors (Lipinski definition) is 0. The largest absolute Gasteiger partial charge is 2.00 e. The molecule has 0 N–H and O–H groups in total. The normalized spacial score (nSPS) is 0. The zero-order chi connectivity index (χ0) is 0. The van der Waals surface area contributed by atoms with Crippen LogP contribution in [0.1, 0.15) is 1.43 Å². The molecule has 0 unspecified atom stereocenters. The van der Waals surface area contributed by atoms with Crippen molar-refractivity contribution < 1.29 is 100 Å². The second-order valence-electron chi connectivity index (χ2n) is 0. The van der Waals surface area contributed by atoms with Crippen LogP contribution in [0.25, 0.3) is 0 Å². The van der Waals surface area contributed by atoms with Crippen LogP contribution in [0, 0.1) is 0 Å². The van der Waals surface area contributed by atoms with Crippen LogP contribution in [-0.4, -0.2) is 0 Å². The molecule has 0 rings (SSSR count). The Hall–Kier alpha value is 2.28. The Morgan fingerprint density at radius 1 is 0.750 bits per heavy atom. The van der Waals surface area contributed by atoms with Gasteiger partial charge in [-0.05, 0) is 0 Å². The summed E-state index contributed by atoms with van der Waals surface area (Å²) in [4.78, 5) is 0. The van der Waals surface area contributed by atoms with Gasteiger partial charge in [0, 0.05) is 18.6 Å². The second-order valence-corrected chi connectivity index (χ2v) is 0. The zero-order valence-electron chi connectivity index (χ0n) is 4.68. The smallest absolute Gasteiger partial charge is 2.00 e. The van der Waals surface area contributed by atoms with Gasteiger partial charge in [0.25, 0.3) is 0 Å². The molecule has 0 atom stereocenters. The molecule has 8 heteroatoms. The summed E-state index contributed by atoms with van der Waals surface area (Å²) in [6.45, 7) is 0. The van der Waals surface area contributed by atoms with Crippen molar-refractivity contribution in [2.45, 2.75) is 0 Å². The van der Waals surface area contributed by atoms with E-state index in [-0.39, 0.29) is 100 Å². The first-order valence-corrected chi connectivity index (χ1v) is 0. The number of hydrogen-bond acceptors (Lipinski definition) is 0. The van der Waals surface area contributed by atoms with E-state index in [0.29, 0.717) is 0 Å². The first-order chi connectivity index (χ1) is 0. The Bertz CT molecular complexity index is 20.5. The van der Waals surface area contributed by atoms with Crippen LogP contribution < -0.4 is 18.9 Å². The first kappa shape index (κ1) is 170. The summed E-state index contributed by atoms with van der Waals surface area (Å²) in [7, 11) is 0. The molecule has 8 heavy (non-hydrogen) atoms. The molecule has 4 nitrogen and oxygen atoms in total. The van der Waals surface area contributed by atoms with Gasteiger partial charge in [-0.25, -0.2) is 0 Å². The minimum atomic E-state index is 0. The maximum Gasteiger partial charge on any atom is 2.00 e. The molecule has 0 aromatic heterocycles. The molecule has 0 aliphatic carbocycles. The van der Waals surface area contributed by atoms with Gasteiger partial charge in [0.05, 0.1) is 0 Å². The molecule has 0 aliphatic rings. The summed E-state index contributed by atoms with van der Waals surface area (Å²) in [5.74, 6) is 0. The van der Waals surface area contributed by atoms with E-state index in [4.69, 9.17) is 0 Å². The third-order valence-electron chi connectivity index (χ3n) is 0. The van der Waals surface area contributed by atoms with E-state index in [9.17, 15) is 0 Å². The van der Waals surface area contributed by atoms with Crippen LogP contribution in [-0.2, 0) is 79.9 Å². The van der Waals surface area contributed by atoms with Crippen LogP contribution in [0.5, 0.6) is 0 Å². The maximum absolute atomic E-state index is 0. The van der Waals surface area contributed by atoms with Crippen LogP contribution in [0.15, 0.2) is 0 Å². The zero-order valence-corrected chi connectivity index (χ0v) is 7.50. The molecule has 0 amide bonds. The van der Waals surface area contributed by atoms with Crippen molar-refractivity contribution in [2.75, 3.05) is 0 Å². The predicted molar refractivity (Wildman–Crippen MR) is 3.86 cm³/mol. The number of rotatable bonds is 0. The molecule has 0 aromatic rings. The maximum atomic E-state index is 0. The van der Waals surface area contributed by atoms with Gasteiger partial charge in [0.15, 0.2) is 0 Å². The van der Waals surface area contributed by atoms with E-state index >= 15 is 0 Å². The molecular weight excluding hydrogens is 293 g/mol. The van der Waals surface area contributed by atoms with Crippen molar-refractivity contribution in [1.82, 2.24) is 0 Å². The fourth-order valence-electron chi connectivity index (χ4n) is 0. The third kappa shape index (κ3) is 84.4. The van der Waals surface area contributed by atoms with Crippen LogP contribution in [0.4, 0.5) is 0 Å². The fraction of sp³-hybridized carbons (Fsp3) is 0. The van der Waals surface area contributed by atoms with E-state index < -0.39 is 0 Å². The van der Waals surface area contributed by atoms with Crippen LogP contribution in [0.3, 0.4) is 0 Å². The quantitative estimate of drug-likeness (QED) is 0.415. The Morgan fingerprint density at radius 3 is 0.750 bits per heavy atom. The summed E-state index contributed by atoms with van der Waals surface area (Å²) in [5.41, 5.74) is 0. The van der Waals surface area contributed by atoms with Crippen LogP contribution >= 0.6 is 0 Å². The summed E-state index contributed by atoms with van der Waals surface area (Å²) >= 11 is 0. The van der Waals surface area contributed by atoms with Crippen LogP contribution in [0.2, 0.25) is 0 Å². The first-order valence-electron chi connectivity index (χ1n) is 0. The second kappa shape index (κ2) is 122. The molecule has 0 bridgehead atoms. The Kier molecular flexibility index (Phi) is 2600. The predicted octanol–water partition coefficient (Wildman–Crippen LogP) is -3.37. The minimum Gasteiger partial charge on any atom is -2.00 e. The SMILES string of the molecule is [Ag+].[Cu+2].[H-].[Li+].[O-2].[O-2].[O-2].[O-2].[V]. The molecule has 0 saturated carbocycles. The van der Waals surface area contributed by atoms with E-state index in [0.717, 1.165) is 0 Å². The van der Waals surface area contributed by atoms with Crippen molar-refractivity contribution >= 4 is 0 Å². The van der Waals surface area contributed by atoms with Crippen molar-refractivity contribution in [2.24, 2.45) is 0 Å². The van der Waals surface area contributed by atoms with E-state index in [2.05, 4.69) is 0 Å². The molecule has 0 heterocycles. The van der Waals surface area contributed by atoms with Crippen molar-refractivity contribution in [3.05, 3.63) is 0 Å². The van der Waals surface area contributed by atoms with Gasteiger partial charge in [0.2, 0.25) is 0 Å². The van der Waals surface area contributed by atoms with Gasteiger partial charge in [-0.15, -0.1) is 0 Å². The monoisotopic (exact) mass is 293 g/mol. The molecule has 58 valence electrons. The molecule has 0 aliphatic heterocycles. The minimum absolute atomic E-state index is 0. The van der Waals surface area contributed by atoms with Gasteiger partial charge < -0.3 is 23.3 Å². The Morgan fingerprint density at radius 2 is 0.750 bits per heavy atom. The van der Waals surface area contributed by atoms with Crippen molar-refractivity contribution in [3.63, 3.8) is 0 Å². The van der Waals surface area contributed by atoms with Gasteiger partial charge in [0.1, 0.15) is 0 Å². The van der Waals surface area contributed by atoms with Crippen molar-refractivity contribution in [3.8, 4) is 0 Å². The average molecular weight is 294 g/mol. The van der Waals surface area contributed by atoms with E-state index in [1.807, 2.05) is 0 Å². The van der Waals surface area contributed by atoms with Gasteiger partial charge in [-0.2, -0.15) is 0 Å². The summed E-state index contributed by atoms with van der Waals surface area (Å²) in [6, 6.07) is 0. The molecule has 0 fully saturated rings. The van der Waals surface area contributed by atoms with Gasteiger partial charge in [-0.3, -0.25) is 0 Å². The molecule has 0 saturated heterocycles. The van der Waals surface area contributed by atoms with E-state index in [1.54, 1.807) is 0 Å².